The summed E-state index contributed by atoms with van der Waals surface area (Å²) in [5.41, 5.74) is -0.458. The molecule has 152 valence electrons. The summed E-state index contributed by atoms with van der Waals surface area (Å²) in [6.45, 7) is 0.413. The Hall–Kier alpha value is -1.38. The van der Waals surface area contributed by atoms with Crippen molar-refractivity contribution in [3.63, 3.8) is 0 Å². The largest absolute Gasteiger partial charge is 0.492 e. The van der Waals surface area contributed by atoms with Gasteiger partial charge in [0.1, 0.15) is 11.6 Å². The standard InChI is InChI=1S/C18H26ClFN2O4S/c1-22(2)27(24,25)21-18(23)14-11-15(19)17(12-16(14)20)26-10-6-9-13-7-4-3-5-8-13/h11-13H,3-10H2,1-2H3,(H,21,23). The topological polar surface area (TPSA) is 75.7 Å². The molecular formula is C18H26ClFN2O4S. The normalized spacial score (nSPS) is 15.7. The molecule has 0 heterocycles. The highest BCUT2D eigenvalue weighted by Gasteiger charge is 2.22. The fourth-order valence-electron chi connectivity index (χ4n) is 3.11. The third-order valence-corrected chi connectivity index (χ3v) is 6.41. The van der Waals surface area contributed by atoms with Gasteiger partial charge in [-0.25, -0.2) is 9.11 Å². The number of rotatable bonds is 8. The second-order valence-corrected chi connectivity index (χ2v) is 9.27. The number of hydrogen-bond donors (Lipinski definition) is 1. The summed E-state index contributed by atoms with van der Waals surface area (Å²) < 4.78 is 45.8. The lowest BCUT2D eigenvalue weighted by atomic mass is 9.86. The van der Waals surface area contributed by atoms with Gasteiger partial charge in [0.25, 0.3) is 5.91 Å². The first-order chi connectivity index (χ1) is 12.7. The van der Waals surface area contributed by atoms with E-state index in [9.17, 15) is 17.6 Å². The van der Waals surface area contributed by atoms with Crippen molar-refractivity contribution >= 4 is 27.7 Å². The lowest BCUT2D eigenvalue weighted by molar-refractivity contribution is 0.0975. The monoisotopic (exact) mass is 420 g/mol. The molecule has 0 spiro atoms. The number of nitrogens with zero attached hydrogens (tertiary/aromatic N) is 1. The maximum Gasteiger partial charge on any atom is 0.303 e. The zero-order chi connectivity index (χ0) is 20.0. The number of ether oxygens (including phenoxy) is 1. The summed E-state index contributed by atoms with van der Waals surface area (Å²) in [4.78, 5) is 12.0. The number of carbonyl (C=O) groups is 1. The van der Waals surface area contributed by atoms with E-state index in [0.717, 1.165) is 35.2 Å². The summed E-state index contributed by atoms with van der Waals surface area (Å²) in [6, 6.07) is 2.09. The van der Waals surface area contributed by atoms with Crippen LogP contribution in [0, 0.1) is 11.7 Å². The molecule has 2 rings (SSSR count). The fraction of sp³-hybridized carbons (Fsp3) is 0.611. The van der Waals surface area contributed by atoms with Gasteiger partial charge in [-0.2, -0.15) is 12.7 Å². The van der Waals surface area contributed by atoms with Gasteiger partial charge >= 0.3 is 10.2 Å². The number of carbonyl (C=O) groups excluding carboxylic acids is 1. The molecule has 1 fully saturated rings. The maximum atomic E-state index is 14.2. The predicted octanol–water partition coefficient (Wildman–Crippen LogP) is 3.75. The molecule has 0 aromatic heterocycles. The first kappa shape index (κ1) is 21.9. The van der Waals surface area contributed by atoms with Crippen molar-refractivity contribution in [2.45, 2.75) is 44.9 Å². The van der Waals surface area contributed by atoms with Gasteiger partial charge in [0.05, 0.1) is 17.2 Å². The second kappa shape index (κ2) is 9.71. The molecular weight excluding hydrogens is 395 g/mol. The molecule has 0 bridgehead atoms. The summed E-state index contributed by atoms with van der Waals surface area (Å²) >= 11 is 6.08. The first-order valence-corrected chi connectivity index (χ1v) is 10.9. The summed E-state index contributed by atoms with van der Waals surface area (Å²) in [6.07, 6.45) is 8.34. The van der Waals surface area contributed by atoms with Crippen LogP contribution in [0.3, 0.4) is 0 Å². The molecule has 6 nitrogen and oxygen atoms in total. The third kappa shape index (κ3) is 6.33. The van der Waals surface area contributed by atoms with Gasteiger partial charge in [-0.15, -0.1) is 0 Å². The molecule has 27 heavy (non-hydrogen) atoms. The molecule has 1 aromatic carbocycles. The predicted molar refractivity (Wildman–Crippen MR) is 103 cm³/mol. The van der Waals surface area contributed by atoms with Gasteiger partial charge in [-0.05, 0) is 24.8 Å². The Bertz CT molecular complexity index is 765. The van der Waals surface area contributed by atoms with Gasteiger partial charge in [0, 0.05) is 20.2 Å². The molecule has 0 atom stereocenters. The van der Waals surface area contributed by atoms with Crippen molar-refractivity contribution in [3.8, 4) is 5.75 Å². The molecule has 1 saturated carbocycles. The van der Waals surface area contributed by atoms with Gasteiger partial charge in [0.2, 0.25) is 0 Å². The number of hydrogen-bond acceptors (Lipinski definition) is 4. The van der Waals surface area contributed by atoms with E-state index >= 15 is 0 Å². The Morgan fingerprint density at radius 2 is 1.96 bits per heavy atom. The SMILES string of the molecule is CN(C)S(=O)(=O)NC(=O)c1cc(Cl)c(OCCCC2CCCCC2)cc1F. The van der Waals surface area contributed by atoms with Crippen LogP contribution in [-0.2, 0) is 10.2 Å². The lowest BCUT2D eigenvalue weighted by Gasteiger charge is -2.21. The molecule has 9 heteroatoms. The van der Waals surface area contributed by atoms with Crippen molar-refractivity contribution in [3.05, 3.63) is 28.5 Å². The summed E-state index contributed by atoms with van der Waals surface area (Å²) in [5.74, 6) is -1.11. The minimum Gasteiger partial charge on any atom is -0.492 e. The number of halogens is 2. The fourth-order valence-corrected chi connectivity index (χ4v) is 3.85. The van der Waals surface area contributed by atoms with Gasteiger partial charge in [0.15, 0.2) is 0 Å². The molecule has 1 N–H and O–H groups in total. The Labute approximate surface area is 165 Å². The van der Waals surface area contributed by atoms with Crippen molar-refractivity contribution in [1.29, 1.82) is 0 Å². The molecule has 0 saturated heterocycles. The quantitative estimate of drug-likeness (QED) is 0.650. The Morgan fingerprint density at radius 1 is 1.30 bits per heavy atom. The maximum absolute atomic E-state index is 14.2. The minimum atomic E-state index is -4.02. The van der Waals surface area contributed by atoms with E-state index in [1.54, 1.807) is 4.72 Å². The van der Waals surface area contributed by atoms with Gasteiger partial charge in [-0.1, -0.05) is 43.7 Å². The van der Waals surface area contributed by atoms with E-state index < -0.39 is 27.5 Å². The van der Waals surface area contributed by atoms with Crippen molar-refractivity contribution in [2.75, 3.05) is 20.7 Å². The van der Waals surface area contributed by atoms with Crippen molar-refractivity contribution in [1.82, 2.24) is 9.03 Å². The van der Waals surface area contributed by atoms with Crippen LogP contribution in [0.2, 0.25) is 5.02 Å². The van der Waals surface area contributed by atoms with E-state index in [2.05, 4.69) is 0 Å². The molecule has 1 aromatic rings. The van der Waals surface area contributed by atoms with E-state index in [-0.39, 0.29) is 10.8 Å². The first-order valence-electron chi connectivity index (χ1n) is 9.07. The Balaban J connectivity index is 1.94. The van der Waals surface area contributed by atoms with Crippen LogP contribution in [0.25, 0.3) is 0 Å². The Morgan fingerprint density at radius 3 is 2.59 bits per heavy atom. The van der Waals surface area contributed by atoms with E-state index in [1.807, 2.05) is 0 Å². The van der Waals surface area contributed by atoms with Crippen molar-refractivity contribution < 1.29 is 22.3 Å². The van der Waals surface area contributed by atoms with Crippen LogP contribution in [0.4, 0.5) is 4.39 Å². The third-order valence-electron chi connectivity index (χ3n) is 4.71. The Kier molecular flexibility index (Phi) is 7.88. The highest BCUT2D eigenvalue weighted by molar-refractivity contribution is 7.87. The lowest BCUT2D eigenvalue weighted by Crippen LogP contribution is -2.39. The van der Waals surface area contributed by atoms with Crippen LogP contribution >= 0.6 is 11.6 Å². The van der Waals surface area contributed by atoms with Gasteiger partial charge in [-0.3, -0.25) is 4.79 Å². The van der Waals surface area contributed by atoms with E-state index in [0.29, 0.717) is 6.61 Å². The average molecular weight is 421 g/mol. The zero-order valence-corrected chi connectivity index (χ0v) is 17.2. The molecule has 0 aliphatic heterocycles. The van der Waals surface area contributed by atoms with Crippen LogP contribution < -0.4 is 9.46 Å². The summed E-state index contributed by atoms with van der Waals surface area (Å²) in [7, 11) is -1.51. The van der Waals surface area contributed by atoms with Crippen LogP contribution in [0.15, 0.2) is 12.1 Å². The highest BCUT2D eigenvalue weighted by atomic mass is 35.5. The second-order valence-electron chi connectivity index (χ2n) is 6.98. The zero-order valence-electron chi connectivity index (χ0n) is 15.6. The van der Waals surface area contributed by atoms with Crippen LogP contribution in [0.1, 0.15) is 55.3 Å². The number of amides is 1. The average Bonchev–Trinajstić information content (AvgIpc) is 2.61. The molecule has 1 amide bonds. The van der Waals surface area contributed by atoms with Crippen LogP contribution in [-0.4, -0.2) is 39.3 Å². The van der Waals surface area contributed by atoms with Crippen molar-refractivity contribution in [2.24, 2.45) is 5.92 Å². The minimum absolute atomic E-state index is 0.0569. The van der Waals surface area contributed by atoms with E-state index in [1.165, 1.54) is 46.2 Å². The van der Waals surface area contributed by atoms with E-state index in [4.69, 9.17) is 16.3 Å². The molecule has 0 radical (unpaired) electrons. The van der Waals surface area contributed by atoms with Gasteiger partial charge < -0.3 is 4.74 Å². The summed E-state index contributed by atoms with van der Waals surface area (Å²) in [5, 5.41) is 0.0569. The highest BCUT2D eigenvalue weighted by Crippen LogP contribution is 2.30. The molecule has 1 aliphatic carbocycles. The number of nitrogens with one attached hydrogen (secondary N) is 1. The van der Waals surface area contributed by atoms with Crippen LogP contribution in [0.5, 0.6) is 5.75 Å². The smallest absolute Gasteiger partial charge is 0.303 e. The molecule has 1 aliphatic rings. The number of benzene rings is 1. The molecule has 0 unspecified atom stereocenters.